The zero-order chi connectivity index (χ0) is 19.1. The molecule has 3 nitrogen and oxygen atoms in total. The van der Waals surface area contributed by atoms with E-state index < -0.39 is 0 Å². The molecule has 1 saturated carbocycles. The van der Waals surface area contributed by atoms with Crippen molar-refractivity contribution in [3.05, 3.63) is 28.8 Å². The number of piperazine rings is 1. The number of hydrogen-bond acceptors (Lipinski definition) is 3. The fourth-order valence-corrected chi connectivity index (χ4v) is 4.35. The first kappa shape index (κ1) is 19.7. The van der Waals surface area contributed by atoms with Gasteiger partial charge in [0.1, 0.15) is 5.75 Å². The van der Waals surface area contributed by atoms with E-state index in [0.29, 0.717) is 17.7 Å². The molecule has 1 aromatic carbocycles. The number of nitrogens with one attached hydrogen (secondary N) is 1. The molecule has 146 valence electrons. The van der Waals surface area contributed by atoms with Gasteiger partial charge >= 0.3 is 0 Å². The SMILES string of the molecule is CC(C)(C)c1cc([C@H](C2CCC2)N2CCNCC2)c(O)c(C(C)(C)C)c1. The third-order valence-electron chi connectivity index (χ3n) is 6.27. The van der Waals surface area contributed by atoms with Gasteiger partial charge in [-0.1, -0.05) is 54.0 Å². The molecule has 1 aliphatic heterocycles. The van der Waals surface area contributed by atoms with Crippen LogP contribution in [0.3, 0.4) is 0 Å². The Morgan fingerprint density at radius 1 is 1.00 bits per heavy atom. The second kappa shape index (κ2) is 7.16. The predicted molar refractivity (Wildman–Crippen MR) is 110 cm³/mol. The van der Waals surface area contributed by atoms with Crippen molar-refractivity contribution in [3.8, 4) is 5.75 Å². The summed E-state index contributed by atoms with van der Waals surface area (Å²) in [4.78, 5) is 2.62. The van der Waals surface area contributed by atoms with Crippen LogP contribution in [0.25, 0.3) is 0 Å². The Bertz CT molecular complexity index is 629. The van der Waals surface area contributed by atoms with Crippen molar-refractivity contribution in [2.75, 3.05) is 26.2 Å². The Kier molecular flexibility index (Phi) is 5.43. The van der Waals surface area contributed by atoms with E-state index >= 15 is 0 Å². The van der Waals surface area contributed by atoms with Crippen LogP contribution in [0.1, 0.15) is 83.5 Å². The summed E-state index contributed by atoms with van der Waals surface area (Å²) < 4.78 is 0. The maximum Gasteiger partial charge on any atom is 0.124 e. The van der Waals surface area contributed by atoms with Gasteiger partial charge in [-0.3, -0.25) is 4.90 Å². The van der Waals surface area contributed by atoms with Crippen LogP contribution in [0.2, 0.25) is 0 Å². The minimum atomic E-state index is -0.0618. The van der Waals surface area contributed by atoms with Gasteiger partial charge in [-0.2, -0.15) is 0 Å². The fourth-order valence-electron chi connectivity index (χ4n) is 4.35. The van der Waals surface area contributed by atoms with Crippen molar-refractivity contribution in [2.45, 2.75) is 77.7 Å². The minimum Gasteiger partial charge on any atom is -0.507 e. The van der Waals surface area contributed by atoms with Gasteiger partial charge in [-0.15, -0.1) is 0 Å². The third-order valence-corrected chi connectivity index (χ3v) is 6.27. The number of rotatable bonds is 3. The lowest BCUT2D eigenvalue weighted by Crippen LogP contribution is -2.48. The molecule has 3 heteroatoms. The van der Waals surface area contributed by atoms with Gasteiger partial charge in [0.05, 0.1) is 0 Å². The second-order valence-electron chi connectivity index (χ2n) is 10.4. The smallest absolute Gasteiger partial charge is 0.124 e. The van der Waals surface area contributed by atoms with E-state index in [4.69, 9.17) is 0 Å². The first-order valence-corrected chi connectivity index (χ1v) is 10.4. The molecule has 1 heterocycles. The highest BCUT2D eigenvalue weighted by Gasteiger charge is 2.37. The van der Waals surface area contributed by atoms with Gasteiger partial charge in [-0.05, 0) is 46.8 Å². The lowest BCUT2D eigenvalue weighted by Gasteiger charge is -2.44. The van der Waals surface area contributed by atoms with E-state index in [1.165, 1.54) is 30.4 Å². The second-order valence-corrected chi connectivity index (χ2v) is 10.4. The monoisotopic (exact) mass is 358 g/mol. The number of nitrogens with zero attached hydrogens (tertiary/aromatic N) is 1. The maximum absolute atomic E-state index is 11.3. The molecule has 2 aliphatic rings. The van der Waals surface area contributed by atoms with Crippen LogP contribution in [-0.4, -0.2) is 36.2 Å². The molecule has 0 bridgehead atoms. The summed E-state index contributed by atoms with van der Waals surface area (Å²) in [6.07, 6.45) is 3.91. The number of benzene rings is 1. The van der Waals surface area contributed by atoms with Gasteiger partial charge in [-0.25, -0.2) is 0 Å². The van der Waals surface area contributed by atoms with Crippen molar-refractivity contribution in [2.24, 2.45) is 5.92 Å². The van der Waals surface area contributed by atoms with Crippen molar-refractivity contribution >= 4 is 0 Å². The first-order chi connectivity index (χ1) is 12.1. The molecular weight excluding hydrogens is 320 g/mol. The van der Waals surface area contributed by atoms with Crippen LogP contribution in [0, 0.1) is 5.92 Å². The zero-order valence-corrected chi connectivity index (χ0v) is 17.7. The molecule has 0 radical (unpaired) electrons. The number of phenols is 1. The largest absolute Gasteiger partial charge is 0.507 e. The maximum atomic E-state index is 11.3. The summed E-state index contributed by atoms with van der Waals surface area (Å²) in [5.41, 5.74) is 3.63. The summed E-state index contributed by atoms with van der Waals surface area (Å²) in [6, 6.07) is 4.92. The van der Waals surface area contributed by atoms with Crippen LogP contribution < -0.4 is 5.32 Å². The lowest BCUT2D eigenvalue weighted by atomic mass is 9.72. The van der Waals surface area contributed by atoms with E-state index in [9.17, 15) is 5.11 Å². The topological polar surface area (TPSA) is 35.5 Å². The number of phenolic OH excluding ortho intramolecular Hbond substituents is 1. The molecular formula is C23H38N2O. The highest BCUT2D eigenvalue weighted by molar-refractivity contribution is 5.50. The standard InChI is InChI=1S/C23H38N2O/c1-22(2,3)17-14-18(21(26)19(15-17)23(4,5)6)20(16-8-7-9-16)25-12-10-24-11-13-25/h14-16,20,24,26H,7-13H2,1-6H3/t20-/m0/s1. The third kappa shape index (κ3) is 3.94. The van der Waals surface area contributed by atoms with Gasteiger partial charge in [0, 0.05) is 37.8 Å². The Labute approximate surface area is 160 Å². The van der Waals surface area contributed by atoms with Gasteiger partial charge in [0.2, 0.25) is 0 Å². The molecule has 0 unspecified atom stereocenters. The molecule has 0 amide bonds. The number of aromatic hydroxyl groups is 1. The minimum absolute atomic E-state index is 0.0618. The van der Waals surface area contributed by atoms with Crippen LogP contribution in [0.4, 0.5) is 0 Å². The first-order valence-electron chi connectivity index (χ1n) is 10.4. The predicted octanol–water partition coefficient (Wildman–Crippen LogP) is 4.73. The van der Waals surface area contributed by atoms with Crippen LogP contribution in [-0.2, 0) is 10.8 Å². The molecule has 26 heavy (non-hydrogen) atoms. The molecule has 1 aliphatic carbocycles. The molecule has 0 spiro atoms. The molecule has 1 aromatic rings. The summed E-state index contributed by atoms with van der Waals surface area (Å²) >= 11 is 0. The molecule has 2 N–H and O–H groups in total. The zero-order valence-electron chi connectivity index (χ0n) is 17.7. The Balaban J connectivity index is 2.12. The molecule has 0 aromatic heterocycles. The Morgan fingerprint density at radius 2 is 1.62 bits per heavy atom. The van der Waals surface area contributed by atoms with Crippen LogP contribution in [0.15, 0.2) is 12.1 Å². The highest BCUT2D eigenvalue weighted by atomic mass is 16.3. The molecule has 3 rings (SSSR count). The summed E-state index contributed by atoms with van der Waals surface area (Å²) in [6.45, 7) is 17.7. The summed E-state index contributed by atoms with van der Waals surface area (Å²) in [5.74, 6) is 1.22. The fraction of sp³-hybridized carbons (Fsp3) is 0.739. The Hall–Kier alpha value is -1.06. The quantitative estimate of drug-likeness (QED) is 0.820. The average molecular weight is 359 g/mol. The Morgan fingerprint density at radius 3 is 2.08 bits per heavy atom. The average Bonchev–Trinajstić information content (AvgIpc) is 2.50. The number of hydrogen-bond donors (Lipinski definition) is 2. The molecule has 2 fully saturated rings. The van der Waals surface area contributed by atoms with E-state index in [1.807, 2.05) is 0 Å². The van der Waals surface area contributed by atoms with E-state index in [1.54, 1.807) is 0 Å². The van der Waals surface area contributed by atoms with E-state index in [-0.39, 0.29) is 10.8 Å². The van der Waals surface area contributed by atoms with Gasteiger partial charge in [0.25, 0.3) is 0 Å². The van der Waals surface area contributed by atoms with Gasteiger partial charge in [0.15, 0.2) is 0 Å². The highest BCUT2D eigenvalue weighted by Crippen LogP contribution is 2.47. The summed E-state index contributed by atoms with van der Waals surface area (Å²) in [7, 11) is 0. The summed E-state index contributed by atoms with van der Waals surface area (Å²) in [5, 5.41) is 14.8. The van der Waals surface area contributed by atoms with Crippen molar-refractivity contribution < 1.29 is 5.11 Å². The normalized spacial score (nSPS) is 21.5. The molecule has 1 atom stereocenters. The van der Waals surface area contributed by atoms with Crippen LogP contribution in [0.5, 0.6) is 5.75 Å². The van der Waals surface area contributed by atoms with E-state index in [0.717, 1.165) is 31.7 Å². The van der Waals surface area contributed by atoms with Gasteiger partial charge < -0.3 is 10.4 Å². The lowest BCUT2D eigenvalue weighted by molar-refractivity contribution is 0.0816. The van der Waals surface area contributed by atoms with Crippen molar-refractivity contribution in [3.63, 3.8) is 0 Å². The van der Waals surface area contributed by atoms with Crippen LogP contribution >= 0.6 is 0 Å². The van der Waals surface area contributed by atoms with Crippen molar-refractivity contribution in [1.82, 2.24) is 10.2 Å². The molecule has 1 saturated heterocycles. The van der Waals surface area contributed by atoms with E-state index in [2.05, 4.69) is 63.9 Å². The van der Waals surface area contributed by atoms with Crippen molar-refractivity contribution in [1.29, 1.82) is 0 Å².